The lowest BCUT2D eigenvalue weighted by Crippen LogP contribution is -2.06. The molecule has 1 aliphatic rings. The Morgan fingerprint density at radius 1 is 1.26 bits per heavy atom. The van der Waals surface area contributed by atoms with Crippen LogP contribution in [0.5, 0.6) is 5.75 Å². The third-order valence-corrected chi connectivity index (χ3v) is 3.96. The number of aromatic amines is 1. The molecule has 0 radical (unpaired) electrons. The van der Waals surface area contributed by atoms with Crippen LogP contribution in [0.2, 0.25) is 0 Å². The van der Waals surface area contributed by atoms with Crippen LogP contribution in [-0.4, -0.2) is 31.8 Å². The van der Waals surface area contributed by atoms with Crippen molar-refractivity contribution < 1.29 is 4.74 Å². The van der Waals surface area contributed by atoms with Crippen molar-refractivity contribution in [1.82, 2.24) is 25.2 Å². The fraction of sp³-hybridized carbons (Fsp3) is 0.375. The third kappa shape index (κ3) is 3.08. The number of hydrogen-bond donors (Lipinski definition) is 1. The van der Waals surface area contributed by atoms with Crippen LogP contribution in [-0.2, 0) is 6.42 Å². The lowest BCUT2D eigenvalue weighted by molar-refractivity contribution is 0.309. The summed E-state index contributed by atoms with van der Waals surface area (Å²) in [6.07, 6.45) is 4.02. The second-order valence-electron chi connectivity index (χ2n) is 5.79. The number of tetrazole rings is 1. The van der Waals surface area contributed by atoms with E-state index in [1.807, 2.05) is 22.9 Å². The molecular weight excluding hydrogens is 294 g/mol. The van der Waals surface area contributed by atoms with Crippen LogP contribution in [0.3, 0.4) is 0 Å². The maximum Gasteiger partial charge on any atom is 0.248 e. The van der Waals surface area contributed by atoms with E-state index in [4.69, 9.17) is 4.74 Å². The molecule has 118 valence electrons. The first-order chi connectivity index (χ1) is 11.3. The number of hydrogen-bond acceptors (Lipinski definition) is 5. The van der Waals surface area contributed by atoms with Gasteiger partial charge in [-0.3, -0.25) is 4.79 Å². The lowest BCUT2D eigenvalue weighted by atomic mass is 10.2. The van der Waals surface area contributed by atoms with Crippen molar-refractivity contribution in [2.75, 3.05) is 6.61 Å². The number of rotatable bonds is 6. The first kappa shape index (κ1) is 13.9. The number of nitrogens with zero attached hydrogens (tertiary/aromatic N) is 4. The van der Waals surface area contributed by atoms with E-state index < -0.39 is 0 Å². The average Bonchev–Trinajstić information content (AvgIpc) is 3.30. The van der Waals surface area contributed by atoms with Gasteiger partial charge in [0.15, 0.2) is 5.82 Å². The monoisotopic (exact) mass is 311 g/mol. The highest BCUT2D eigenvalue weighted by Crippen LogP contribution is 2.34. The van der Waals surface area contributed by atoms with Crippen LogP contribution in [0.1, 0.15) is 31.1 Å². The van der Waals surface area contributed by atoms with Gasteiger partial charge in [-0.05, 0) is 54.0 Å². The first-order valence-electron chi connectivity index (χ1n) is 7.82. The van der Waals surface area contributed by atoms with Crippen molar-refractivity contribution in [3.8, 4) is 5.75 Å². The van der Waals surface area contributed by atoms with Crippen molar-refractivity contribution >= 4 is 10.9 Å². The van der Waals surface area contributed by atoms with E-state index >= 15 is 0 Å². The maximum atomic E-state index is 11.3. The molecule has 0 atom stereocenters. The number of nitrogens with one attached hydrogen (secondary N) is 1. The van der Waals surface area contributed by atoms with Crippen molar-refractivity contribution in [2.45, 2.75) is 31.7 Å². The molecule has 7 nitrogen and oxygen atoms in total. The van der Waals surface area contributed by atoms with Gasteiger partial charge >= 0.3 is 0 Å². The van der Waals surface area contributed by atoms with E-state index in [-0.39, 0.29) is 5.56 Å². The molecule has 1 N–H and O–H groups in total. The molecule has 0 saturated heterocycles. The van der Waals surface area contributed by atoms with E-state index in [9.17, 15) is 4.79 Å². The van der Waals surface area contributed by atoms with Crippen molar-refractivity contribution in [2.24, 2.45) is 0 Å². The largest absolute Gasteiger partial charge is 0.494 e. The van der Waals surface area contributed by atoms with Gasteiger partial charge in [0.05, 0.1) is 12.6 Å². The van der Waals surface area contributed by atoms with Gasteiger partial charge in [-0.1, -0.05) is 0 Å². The Kier molecular flexibility index (Phi) is 3.53. The Labute approximate surface area is 132 Å². The zero-order valence-corrected chi connectivity index (χ0v) is 12.6. The van der Waals surface area contributed by atoms with E-state index in [2.05, 4.69) is 20.5 Å². The molecule has 7 heteroatoms. The molecule has 3 aromatic rings. The van der Waals surface area contributed by atoms with Crippen LogP contribution < -0.4 is 10.3 Å². The van der Waals surface area contributed by atoms with Crippen molar-refractivity contribution in [3.05, 3.63) is 46.5 Å². The summed E-state index contributed by atoms with van der Waals surface area (Å²) in [5, 5.41) is 12.8. The zero-order valence-electron chi connectivity index (χ0n) is 12.6. The fourth-order valence-corrected chi connectivity index (χ4v) is 2.62. The molecule has 1 fully saturated rings. The van der Waals surface area contributed by atoms with Crippen molar-refractivity contribution in [1.29, 1.82) is 0 Å². The Hall–Kier alpha value is -2.70. The van der Waals surface area contributed by atoms with Crippen molar-refractivity contribution in [3.63, 3.8) is 0 Å². The molecule has 1 aromatic carbocycles. The molecule has 0 bridgehead atoms. The zero-order chi connectivity index (χ0) is 15.6. The highest BCUT2D eigenvalue weighted by molar-refractivity contribution is 5.79. The quantitative estimate of drug-likeness (QED) is 0.702. The molecule has 0 spiro atoms. The standard InChI is InChI=1S/C16H17N5O2/c22-16-8-3-11-10-13(6-7-14(11)17-16)23-9-1-2-15-18-19-20-21(15)12-4-5-12/h3,6-8,10,12H,1-2,4-5,9H2,(H,17,22). The summed E-state index contributed by atoms with van der Waals surface area (Å²) in [5.41, 5.74) is 0.716. The number of pyridine rings is 1. The van der Waals surface area contributed by atoms with Gasteiger partial charge in [0.1, 0.15) is 5.75 Å². The van der Waals surface area contributed by atoms with Crippen LogP contribution >= 0.6 is 0 Å². The third-order valence-electron chi connectivity index (χ3n) is 3.96. The molecule has 1 saturated carbocycles. The van der Waals surface area contributed by atoms with Crippen LogP contribution in [0, 0.1) is 0 Å². The molecule has 0 unspecified atom stereocenters. The normalized spacial score (nSPS) is 14.3. The SMILES string of the molecule is O=c1ccc2cc(OCCCc3nnnn3C3CC3)ccc2[nH]1. The average molecular weight is 311 g/mol. The fourth-order valence-electron chi connectivity index (χ4n) is 2.62. The smallest absolute Gasteiger partial charge is 0.248 e. The van der Waals surface area contributed by atoms with Gasteiger partial charge in [-0.25, -0.2) is 4.68 Å². The summed E-state index contributed by atoms with van der Waals surface area (Å²) < 4.78 is 7.73. The van der Waals surface area contributed by atoms with Crippen LogP contribution in [0.15, 0.2) is 35.1 Å². The van der Waals surface area contributed by atoms with Gasteiger partial charge in [0.2, 0.25) is 5.56 Å². The summed E-state index contributed by atoms with van der Waals surface area (Å²) in [4.78, 5) is 14.1. The predicted molar refractivity (Wildman–Crippen MR) is 84.5 cm³/mol. The Morgan fingerprint density at radius 2 is 2.17 bits per heavy atom. The van der Waals surface area contributed by atoms with Gasteiger partial charge in [0, 0.05) is 23.4 Å². The van der Waals surface area contributed by atoms with E-state index in [0.717, 1.165) is 35.3 Å². The second-order valence-corrected chi connectivity index (χ2v) is 5.79. The number of H-pyrrole nitrogens is 1. The van der Waals surface area contributed by atoms with E-state index in [1.165, 1.54) is 18.9 Å². The molecule has 0 aliphatic heterocycles. The highest BCUT2D eigenvalue weighted by atomic mass is 16.5. The van der Waals surface area contributed by atoms with Gasteiger partial charge in [-0.2, -0.15) is 0 Å². The summed E-state index contributed by atoms with van der Waals surface area (Å²) in [7, 11) is 0. The lowest BCUT2D eigenvalue weighted by Gasteiger charge is -2.07. The van der Waals surface area contributed by atoms with E-state index in [1.54, 1.807) is 6.07 Å². The minimum Gasteiger partial charge on any atom is -0.494 e. The van der Waals surface area contributed by atoms with E-state index in [0.29, 0.717) is 12.6 Å². The predicted octanol–water partition coefficient (Wildman–Crippen LogP) is 1.86. The van der Waals surface area contributed by atoms with Gasteiger partial charge < -0.3 is 9.72 Å². The highest BCUT2D eigenvalue weighted by Gasteiger charge is 2.27. The van der Waals surface area contributed by atoms with Gasteiger partial charge in [0.25, 0.3) is 0 Å². The molecular formula is C16H17N5O2. The van der Waals surface area contributed by atoms with Gasteiger partial charge in [-0.15, -0.1) is 5.10 Å². The summed E-state index contributed by atoms with van der Waals surface area (Å²) in [6, 6.07) is 9.48. The Balaban J connectivity index is 1.34. The molecule has 2 aromatic heterocycles. The summed E-state index contributed by atoms with van der Waals surface area (Å²) >= 11 is 0. The molecule has 0 amide bonds. The Bertz CT molecular complexity index is 881. The number of benzene rings is 1. The number of aryl methyl sites for hydroxylation is 1. The summed E-state index contributed by atoms with van der Waals surface area (Å²) in [5.74, 6) is 1.73. The maximum absolute atomic E-state index is 11.3. The minimum absolute atomic E-state index is 0.0976. The minimum atomic E-state index is -0.0976. The second kappa shape index (κ2) is 5.83. The molecule has 23 heavy (non-hydrogen) atoms. The van der Waals surface area contributed by atoms with Crippen LogP contribution in [0.4, 0.5) is 0 Å². The molecule has 1 aliphatic carbocycles. The molecule has 2 heterocycles. The van der Waals surface area contributed by atoms with Crippen LogP contribution in [0.25, 0.3) is 10.9 Å². The number of ether oxygens (including phenoxy) is 1. The summed E-state index contributed by atoms with van der Waals surface area (Å²) in [6.45, 7) is 0.604. The topological polar surface area (TPSA) is 85.7 Å². The first-order valence-corrected chi connectivity index (χ1v) is 7.82. The Morgan fingerprint density at radius 3 is 3.04 bits per heavy atom. The number of fused-ring (bicyclic) bond motifs is 1. The molecule has 4 rings (SSSR count). The number of aromatic nitrogens is 5.